The lowest BCUT2D eigenvalue weighted by Gasteiger charge is -2.36. The second kappa shape index (κ2) is 8.74. The summed E-state index contributed by atoms with van der Waals surface area (Å²) in [6.07, 6.45) is 0. The summed E-state index contributed by atoms with van der Waals surface area (Å²) in [4.78, 5) is 20.8. The van der Waals surface area contributed by atoms with E-state index in [-0.39, 0.29) is 18.1 Å². The number of nitrogens with one attached hydrogen (secondary N) is 1. The Morgan fingerprint density at radius 3 is 2.37 bits per heavy atom. The average Bonchev–Trinajstić information content (AvgIpc) is 3.22. The number of carbonyl (C=O) groups excluding carboxylic acids is 1. The normalized spacial score (nSPS) is 14.1. The van der Waals surface area contributed by atoms with E-state index in [1.54, 1.807) is 17.5 Å². The minimum Gasteiger partial charge on any atom is -0.366 e. The monoisotopic (exact) mass is 432 g/mol. The highest BCUT2D eigenvalue weighted by Crippen LogP contribution is 2.25. The molecule has 156 valence electrons. The van der Waals surface area contributed by atoms with Crippen LogP contribution in [0.1, 0.15) is 16.1 Å². The minimum atomic E-state index is -0.690. The lowest BCUT2D eigenvalue weighted by molar-refractivity contribution is 0.0946. The zero-order chi connectivity index (χ0) is 21.1. The predicted molar refractivity (Wildman–Crippen MR) is 110 cm³/mol. The molecule has 4 rings (SSSR count). The fraction of sp³-hybridized carbons (Fsp3) is 0.238. The molecule has 0 aliphatic carbocycles. The molecule has 0 saturated carbocycles. The van der Waals surface area contributed by atoms with Crippen LogP contribution in [0, 0.1) is 17.5 Å². The Balaban J connectivity index is 1.34. The molecule has 5 nitrogen and oxygen atoms in total. The number of nitrogens with zero attached hydrogens (tertiary/aromatic N) is 3. The van der Waals surface area contributed by atoms with Crippen LogP contribution in [-0.2, 0) is 6.54 Å². The van der Waals surface area contributed by atoms with Crippen LogP contribution in [0.25, 0.3) is 0 Å². The van der Waals surface area contributed by atoms with Gasteiger partial charge in [0.1, 0.15) is 23.1 Å². The number of hydrogen-bond donors (Lipinski definition) is 1. The molecular formula is C21H19F3N4OS. The SMILES string of the molecule is O=C(NCc1cc(F)cc(F)c1)c1csc(N2CCN(c3ccccc3F)CC2)n1. The van der Waals surface area contributed by atoms with E-state index in [0.29, 0.717) is 42.6 Å². The summed E-state index contributed by atoms with van der Waals surface area (Å²) < 4.78 is 40.5. The molecule has 9 heteroatoms. The summed E-state index contributed by atoms with van der Waals surface area (Å²) in [5, 5.41) is 4.99. The summed E-state index contributed by atoms with van der Waals surface area (Å²) in [5.41, 5.74) is 1.18. The predicted octanol–water partition coefficient (Wildman–Crippen LogP) is 3.82. The van der Waals surface area contributed by atoms with Crippen LogP contribution in [0.4, 0.5) is 24.0 Å². The molecule has 0 radical (unpaired) electrons. The lowest BCUT2D eigenvalue weighted by Crippen LogP contribution is -2.46. The number of para-hydroxylation sites is 1. The van der Waals surface area contributed by atoms with Crippen LogP contribution in [-0.4, -0.2) is 37.1 Å². The van der Waals surface area contributed by atoms with Crippen molar-refractivity contribution in [1.29, 1.82) is 0 Å². The summed E-state index contributed by atoms with van der Waals surface area (Å²) in [5.74, 6) is -2.03. The summed E-state index contributed by atoms with van der Waals surface area (Å²) >= 11 is 1.35. The van der Waals surface area contributed by atoms with Crippen LogP contribution in [0.5, 0.6) is 0 Å². The van der Waals surface area contributed by atoms with Crippen molar-refractivity contribution in [3.05, 3.63) is 76.6 Å². The van der Waals surface area contributed by atoms with E-state index in [9.17, 15) is 18.0 Å². The molecule has 1 fully saturated rings. The van der Waals surface area contributed by atoms with Crippen molar-refractivity contribution in [3.63, 3.8) is 0 Å². The minimum absolute atomic E-state index is 0.00167. The topological polar surface area (TPSA) is 48.5 Å². The highest BCUT2D eigenvalue weighted by Gasteiger charge is 2.22. The number of hydrogen-bond acceptors (Lipinski definition) is 5. The number of benzene rings is 2. The lowest BCUT2D eigenvalue weighted by atomic mass is 10.2. The van der Waals surface area contributed by atoms with Crippen molar-refractivity contribution in [2.45, 2.75) is 6.54 Å². The van der Waals surface area contributed by atoms with Gasteiger partial charge in [-0.15, -0.1) is 11.3 Å². The third-order valence-corrected chi connectivity index (χ3v) is 5.74. The van der Waals surface area contributed by atoms with Gasteiger partial charge < -0.3 is 15.1 Å². The van der Waals surface area contributed by atoms with Crippen LogP contribution >= 0.6 is 11.3 Å². The van der Waals surface area contributed by atoms with E-state index in [4.69, 9.17) is 0 Å². The van der Waals surface area contributed by atoms with E-state index >= 15 is 0 Å². The van der Waals surface area contributed by atoms with Gasteiger partial charge in [0.05, 0.1) is 5.69 Å². The number of anilines is 2. The Morgan fingerprint density at radius 2 is 1.67 bits per heavy atom. The molecular weight excluding hydrogens is 413 g/mol. The van der Waals surface area contributed by atoms with Crippen LogP contribution in [0.2, 0.25) is 0 Å². The number of thiazole rings is 1. The first-order valence-electron chi connectivity index (χ1n) is 9.43. The number of piperazine rings is 1. The standard InChI is InChI=1S/C21H19F3N4OS/c22-15-9-14(10-16(23)11-15)12-25-20(29)18-13-30-21(26-18)28-7-5-27(6-8-28)19-4-2-1-3-17(19)24/h1-4,9-11,13H,5-8,12H2,(H,25,29). The largest absolute Gasteiger partial charge is 0.366 e. The first kappa shape index (κ1) is 20.2. The molecule has 0 unspecified atom stereocenters. The Hall–Kier alpha value is -3.07. The van der Waals surface area contributed by atoms with Gasteiger partial charge in [0, 0.05) is 44.2 Å². The average molecular weight is 432 g/mol. The maximum absolute atomic E-state index is 14.0. The third-order valence-electron chi connectivity index (χ3n) is 4.84. The molecule has 2 heterocycles. The molecule has 1 amide bonds. The van der Waals surface area contributed by atoms with Gasteiger partial charge in [0.2, 0.25) is 0 Å². The van der Waals surface area contributed by atoms with E-state index in [1.165, 1.54) is 29.5 Å². The second-order valence-corrected chi connectivity index (χ2v) is 7.74. The summed E-state index contributed by atoms with van der Waals surface area (Å²) in [6, 6.07) is 9.82. The van der Waals surface area contributed by atoms with Crippen molar-refractivity contribution in [2.24, 2.45) is 0 Å². The van der Waals surface area contributed by atoms with E-state index in [2.05, 4.69) is 15.2 Å². The Bertz CT molecular complexity index is 1030. The van der Waals surface area contributed by atoms with Crippen molar-refractivity contribution in [2.75, 3.05) is 36.0 Å². The van der Waals surface area contributed by atoms with Gasteiger partial charge in [0.25, 0.3) is 5.91 Å². The molecule has 0 atom stereocenters. The Kier molecular flexibility index (Phi) is 5.89. The molecule has 1 aliphatic rings. The van der Waals surface area contributed by atoms with Gasteiger partial charge in [-0.3, -0.25) is 4.79 Å². The Morgan fingerprint density at radius 1 is 1.00 bits per heavy atom. The van der Waals surface area contributed by atoms with Crippen LogP contribution in [0.15, 0.2) is 47.8 Å². The second-order valence-electron chi connectivity index (χ2n) is 6.90. The molecule has 0 spiro atoms. The maximum Gasteiger partial charge on any atom is 0.271 e. The zero-order valence-electron chi connectivity index (χ0n) is 15.9. The fourth-order valence-electron chi connectivity index (χ4n) is 3.35. The van der Waals surface area contributed by atoms with Gasteiger partial charge in [-0.2, -0.15) is 0 Å². The highest BCUT2D eigenvalue weighted by atomic mass is 32.1. The number of rotatable bonds is 5. The smallest absolute Gasteiger partial charge is 0.271 e. The Labute approximate surface area is 175 Å². The van der Waals surface area contributed by atoms with Crippen molar-refractivity contribution < 1.29 is 18.0 Å². The first-order chi connectivity index (χ1) is 14.5. The fourth-order valence-corrected chi connectivity index (χ4v) is 4.21. The van der Waals surface area contributed by atoms with E-state index in [1.807, 2.05) is 11.0 Å². The van der Waals surface area contributed by atoms with Crippen molar-refractivity contribution >= 4 is 28.1 Å². The van der Waals surface area contributed by atoms with Gasteiger partial charge in [-0.05, 0) is 29.8 Å². The molecule has 1 N–H and O–H groups in total. The quantitative estimate of drug-likeness (QED) is 0.666. The van der Waals surface area contributed by atoms with Gasteiger partial charge in [0.15, 0.2) is 5.13 Å². The number of halogens is 3. The first-order valence-corrected chi connectivity index (χ1v) is 10.3. The van der Waals surface area contributed by atoms with Gasteiger partial charge in [-0.1, -0.05) is 12.1 Å². The van der Waals surface area contributed by atoms with E-state index in [0.717, 1.165) is 6.07 Å². The zero-order valence-corrected chi connectivity index (χ0v) is 16.8. The third kappa shape index (κ3) is 4.56. The summed E-state index contributed by atoms with van der Waals surface area (Å²) in [6.45, 7) is 2.61. The number of carbonyl (C=O) groups is 1. The summed E-state index contributed by atoms with van der Waals surface area (Å²) in [7, 11) is 0. The molecule has 2 aromatic carbocycles. The van der Waals surface area contributed by atoms with Crippen LogP contribution in [0.3, 0.4) is 0 Å². The highest BCUT2D eigenvalue weighted by molar-refractivity contribution is 7.13. The molecule has 30 heavy (non-hydrogen) atoms. The van der Waals surface area contributed by atoms with Gasteiger partial charge in [-0.25, -0.2) is 18.2 Å². The number of aromatic nitrogens is 1. The molecule has 1 saturated heterocycles. The molecule has 0 bridgehead atoms. The maximum atomic E-state index is 14.0. The molecule has 1 aliphatic heterocycles. The molecule has 1 aromatic heterocycles. The van der Waals surface area contributed by atoms with Crippen LogP contribution < -0.4 is 15.1 Å². The van der Waals surface area contributed by atoms with E-state index < -0.39 is 17.5 Å². The van der Waals surface area contributed by atoms with Gasteiger partial charge >= 0.3 is 0 Å². The van der Waals surface area contributed by atoms with Crippen molar-refractivity contribution in [3.8, 4) is 0 Å². The van der Waals surface area contributed by atoms with Crippen molar-refractivity contribution in [1.82, 2.24) is 10.3 Å². The molecule has 3 aromatic rings. The number of amides is 1.